The zero-order chi connectivity index (χ0) is 22.8. The number of carbonyl (C=O) groups is 3. The summed E-state index contributed by atoms with van der Waals surface area (Å²) in [4.78, 5) is 40.8. The van der Waals surface area contributed by atoms with Crippen LogP contribution in [0.15, 0.2) is 18.2 Å². The fourth-order valence-corrected chi connectivity index (χ4v) is 4.36. The minimum absolute atomic E-state index is 0.0244. The van der Waals surface area contributed by atoms with Crippen LogP contribution in [0.4, 0.5) is 11.4 Å². The van der Waals surface area contributed by atoms with Crippen LogP contribution in [0.2, 0.25) is 0 Å². The molecule has 0 bridgehead atoms. The number of fused-ring (bicyclic) bond motifs is 1. The fraction of sp³-hybridized carbons (Fsp3) is 0.625. The number of nitrogens with one attached hydrogen (secondary N) is 2. The molecule has 1 aliphatic heterocycles. The molecule has 7 heteroatoms. The van der Waals surface area contributed by atoms with Gasteiger partial charge in [0, 0.05) is 18.0 Å². The van der Waals surface area contributed by atoms with Crippen molar-refractivity contribution in [3.63, 3.8) is 0 Å². The highest BCUT2D eigenvalue weighted by atomic mass is 16.2. The minimum Gasteiger partial charge on any atom is -0.351 e. The average Bonchev–Trinajstić information content (AvgIpc) is 2.76. The first-order chi connectivity index (χ1) is 14.6. The summed E-state index contributed by atoms with van der Waals surface area (Å²) in [6.07, 6.45) is 5.00. The van der Waals surface area contributed by atoms with Crippen molar-refractivity contribution in [3.05, 3.63) is 23.8 Å². The summed E-state index contributed by atoms with van der Waals surface area (Å²) in [6, 6.07) is 4.62. The molecule has 170 valence electrons. The van der Waals surface area contributed by atoms with Gasteiger partial charge in [-0.2, -0.15) is 0 Å². The molecule has 1 unspecified atom stereocenters. The Morgan fingerprint density at radius 1 is 1.23 bits per heavy atom. The first-order valence-corrected chi connectivity index (χ1v) is 11.4. The third-order valence-corrected chi connectivity index (χ3v) is 6.43. The highest BCUT2D eigenvalue weighted by Gasteiger charge is 2.41. The Kier molecular flexibility index (Phi) is 7.04. The third-order valence-electron chi connectivity index (χ3n) is 6.43. The predicted molar refractivity (Wildman–Crippen MR) is 123 cm³/mol. The van der Waals surface area contributed by atoms with E-state index in [0.29, 0.717) is 30.0 Å². The lowest BCUT2D eigenvalue weighted by atomic mass is 9.86. The summed E-state index contributed by atoms with van der Waals surface area (Å²) in [5, 5.41) is 5.83. The van der Waals surface area contributed by atoms with Crippen LogP contribution < -0.4 is 21.3 Å². The first-order valence-electron chi connectivity index (χ1n) is 11.4. The lowest BCUT2D eigenvalue weighted by molar-refractivity contribution is -0.127. The Morgan fingerprint density at radius 3 is 2.52 bits per heavy atom. The molecule has 1 aromatic carbocycles. The smallest absolute Gasteiger partial charge is 0.251 e. The zero-order valence-corrected chi connectivity index (χ0v) is 19.2. The van der Waals surface area contributed by atoms with Crippen molar-refractivity contribution < 1.29 is 14.4 Å². The molecule has 0 radical (unpaired) electrons. The number of benzene rings is 1. The van der Waals surface area contributed by atoms with Crippen molar-refractivity contribution in [2.45, 2.75) is 65.8 Å². The second-order valence-corrected chi connectivity index (χ2v) is 10.0. The van der Waals surface area contributed by atoms with Gasteiger partial charge in [0.15, 0.2) is 0 Å². The van der Waals surface area contributed by atoms with Gasteiger partial charge < -0.3 is 16.4 Å². The second kappa shape index (κ2) is 9.39. The van der Waals surface area contributed by atoms with Gasteiger partial charge in [-0.05, 0) is 48.9 Å². The normalized spacial score (nSPS) is 19.7. The molecule has 0 spiro atoms. The molecule has 4 N–H and O–H groups in total. The van der Waals surface area contributed by atoms with Crippen LogP contribution in [0.5, 0.6) is 0 Å². The molecule has 31 heavy (non-hydrogen) atoms. The quantitative estimate of drug-likeness (QED) is 0.647. The molecule has 1 fully saturated rings. The van der Waals surface area contributed by atoms with E-state index in [-0.39, 0.29) is 35.0 Å². The third kappa shape index (κ3) is 5.09. The van der Waals surface area contributed by atoms with Crippen LogP contribution >= 0.6 is 0 Å². The van der Waals surface area contributed by atoms with Crippen LogP contribution in [0.3, 0.4) is 0 Å². The zero-order valence-electron chi connectivity index (χ0n) is 19.2. The van der Waals surface area contributed by atoms with Gasteiger partial charge >= 0.3 is 0 Å². The molecule has 1 saturated carbocycles. The SMILES string of the molecule is CC(C)C1C(=O)Nc2cc(C(=O)NCC(C)(C)CN)ccc2N1C(=O)C1CCCCC1. The van der Waals surface area contributed by atoms with Gasteiger partial charge in [0.2, 0.25) is 11.8 Å². The Balaban J connectivity index is 1.90. The Labute approximate surface area is 185 Å². The van der Waals surface area contributed by atoms with E-state index in [1.165, 1.54) is 0 Å². The molecule has 1 heterocycles. The summed E-state index contributed by atoms with van der Waals surface area (Å²) in [5.41, 5.74) is 7.17. The molecule has 7 nitrogen and oxygen atoms in total. The van der Waals surface area contributed by atoms with E-state index in [0.717, 1.165) is 32.1 Å². The van der Waals surface area contributed by atoms with E-state index in [9.17, 15) is 14.4 Å². The number of amides is 3. The van der Waals surface area contributed by atoms with Crippen LogP contribution in [0.25, 0.3) is 0 Å². The Morgan fingerprint density at radius 2 is 1.90 bits per heavy atom. The molecule has 1 aromatic rings. The summed E-state index contributed by atoms with van der Waals surface area (Å²) in [7, 11) is 0. The van der Waals surface area contributed by atoms with Gasteiger partial charge in [0.25, 0.3) is 5.91 Å². The number of carbonyl (C=O) groups excluding carboxylic acids is 3. The highest BCUT2D eigenvalue weighted by Crippen LogP contribution is 2.38. The standard InChI is InChI=1S/C24H36N4O3/c1-15(2)20-22(30)27-18-12-17(21(29)26-14-24(3,4)13-25)10-11-19(18)28(20)23(31)16-8-6-5-7-9-16/h10-12,15-16,20H,5-9,13-14,25H2,1-4H3,(H,26,29)(H,27,30). The van der Waals surface area contributed by atoms with Crippen molar-refractivity contribution in [1.82, 2.24) is 5.32 Å². The fourth-order valence-electron chi connectivity index (χ4n) is 4.36. The van der Waals surface area contributed by atoms with Crippen molar-refractivity contribution >= 4 is 29.1 Å². The molecule has 1 aliphatic carbocycles. The van der Waals surface area contributed by atoms with Gasteiger partial charge in [0.05, 0.1) is 11.4 Å². The minimum atomic E-state index is -0.549. The maximum Gasteiger partial charge on any atom is 0.251 e. The maximum absolute atomic E-state index is 13.5. The monoisotopic (exact) mass is 428 g/mol. The van der Waals surface area contributed by atoms with Crippen LogP contribution in [0.1, 0.15) is 70.2 Å². The predicted octanol–water partition coefficient (Wildman–Crippen LogP) is 3.29. The van der Waals surface area contributed by atoms with Gasteiger partial charge in [0.1, 0.15) is 6.04 Å². The van der Waals surface area contributed by atoms with E-state index in [1.807, 2.05) is 27.7 Å². The van der Waals surface area contributed by atoms with Crippen molar-refractivity contribution in [2.75, 3.05) is 23.3 Å². The van der Waals surface area contributed by atoms with Gasteiger partial charge in [-0.15, -0.1) is 0 Å². The van der Waals surface area contributed by atoms with E-state index in [2.05, 4.69) is 10.6 Å². The maximum atomic E-state index is 13.5. The molecule has 0 aromatic heterocycles. The number of nitrogens with two attached hydrogens (primary N) is 1. The van der Waals surface area contributed by atoms with Crippen LogP contribution in [0, 0.1) is 17.3 Å². The average molecular weight is 429 g/mol. The number of anilines is 2. The summed E-state index contributed by atoms with van der Waals surface area (Å²) >= 11 is 0. The molecule has 2 aliphatic rings. The van der Waals surface area contributed by atoms with Gasteiger partial charge in [-0.3, -0.25) is 19.3 Å². The van der Waals surface area contributed by atoms with Crippen molar-refractivity contribution in [1.29, 1.82) is 0 Å². The van der Waals surface area contributed by atoms with Crippen molar-refractivity contribution in [2.24, 2.45) is 23.0 Å². The van der Waals surface area contributed by atoms with E-state index >= 15 is 0 Å². The van der Waals surface area contributed by atoms with E-state index in [1.54, 1.807) is 23.1 Å². The lowest BCUT2D eigenvalue weighted by Gasteiger charge is -2.40. The largest absolute Gasteiger partial charge is 0.351 e. The highest BCUT2D eigenvalue weighted by molar-refractivity contribution is 6.13. The first kappa shape index (κ1) is 23.3. The number of rotatable bonds is 6. The Bertz CT molecular complexity index is 843. The van der Waals surface area contributed by atoms with Crippen LogP contribution in [-0.2, 0) is 9.59 Å². The molecular formula is C24H36N4O3. The summed E-state index contributed by atoms with van der Waals surface area (Å²) < 4.78 is 0. The molecule has 0 saturated heterocycles. The summed E-state index contributed by atoms with van der Waals surface area (Å²) in [6.45, 7) is 8.80. The molecular weight excluding hydrogens is 392 g/mol. The second-order valence-electron chi connectivity index (χ2n) is 10.0. The number of nitrogens with zero attached hydrogens (tertiary/aromatic N) is 1. The summed E-state index contributed by atoms with van der Waals surface area (Å²) in [5.74, 6) is -0.475. The van der Waals surface area contributed by atoms with E-state index in [4.69, 9.17) is 5.73 Å². The van der Waals surface area contributed by atoms with Crippen molar-refractivity contribution in [3.8, 4) is 0 Å². The topological polar surface area (TPSA) is 105 Å². The number of hydrogen-bond donors (Lipinski definition) is 3. The van der Waals surface area contributed by atoms with E-state index < -0.39 is 6.04 Å². The lowest BCUT2D eigenvalue weighted by Crippen LogP contribution is -2.55. The number of hydrogen-bond acceptors (Lipinski definition) is 4. The Hall–Kier alpha value is -2.41. The van der Waals surface area contributed by atoms with Gasteiger partial charge in [-0.1, -0.05) is 47.0 Å². The molecule has 3 rings (SSSR count). The molecule has 1 atom stereocenters. The molecule has 3 amide bonds. The van der Waals surface area contributed by atoms with Gasteiger partial charge in [-0.25, -0.2) is 0 Å². The van der Waals surface area contributed by atoms with Crippen LogP contribution in [-0.4, -0.2) is 36.9 Å².